The van der Waals surface area contributed by atoms with E-state index in [1.165, 1.54) is 14.0 Å². The van der Waals surface area contributed by atoms with Crippen LogP contribution in [0, 0.1) is 50.2 Å². The van der Waals surface area contributed by atoms with Gasteiger partial charge in [-0.05, 0) is 112 Å². The molecule has 13 N–H and O–H groups in total. The third-order valence-corrected chi connectivity index (χ3v) is 21.6. The van der Waals surface area contributed by atoms with Crippen LogP contribution < -0.4 is 0 Å². The highest BCUT2D eigenvalue weighted by Gasteiger charge is 2.71. The van der Waals surface area contributed by atoms with Gasteiger partial charge >= 0.3 is 11.9 Å². The van der Waals surface area contributed by atoms with Gasteiger partial charge in [-0.1, -0.05) is 39.3 Å². The molecule has 5 aliphatic carbocycles. The number of methoxy groups -OCH3 is 1. The summed E-state index contributed by atoms with van der Waals surface area (Å²) in [6, 6.07) is 0. The molecule has 0 radical (unpaired) electrons. The summed E-state index contributed by atoms with van der Waals surface area (Å²) in [5.41, 5.74) is -3.35. The van der Waals surface area contributed by atoms with Crippen molar-refractivity contribution < 1.29 is 119 Å². The number of carbonyl (C=O) groups is 2. The molecule has 4 saturated carbocycles. The predicted molar refractivity (Wildman–Crippen MR) is 263 cm³/mol. The molecule has 0 aromatic heterocycles. The highest BCUT2D eigenvalue weighted by atomic mass is 16.8. The van der Waals surface area contributed by atoms with Crippen molar-refractivity contribution in [1.29, 1.82) is 0 Å². The average Bonchev–Trinajstić information content (AvgIpc) is 3.46. The first-order chi connectivity index (χ1) is 36.6. The molecule has 0 aromatic rings. The van der Waals surface area contributed by atoms with Crippen molar-refractivity contribution in [1.82, 2.24) is 0 Å². The highest BCUT2D eigenvalue weighted by molar-refractivity contribution is 5.81. The number of aliphatic hydroxyl groups is 13. The van der Waals surface area contributed by atoms with E-state index in [-0.39, 0.29) is 43.3 Å². The number of esters is 2. The van der Waals surface area contributed by atoms with Gasteiger partial charge in [-0.25, -0.2) is 0 Å². The van der Waals surface area contributed by atoms with Crippen molar-refractivity contribution in [3.05, 3.63) is 11.6 Å². The van der Waals surface area contributed by atoms with Gasteiger partial charge in [-0.3, -0.25) is 9.59 Å². The molecule has 8 fully saturated rings. The lowest BCUT2D eigenvalue weighted by molar-refractivity contribution is -0.392. The van der Waals surface area contributed by atoms with Crippen LogP contribution in [0.1, 0.15) is 106 Å². The molecule has 4 heterocycles. The third kappa shape index (κ3) is 9.53. The van der Waals surface area contributed by atoms with Gasteiger partial charge in [0.1, 0.15) is 85.5 Å². The molecule has 0 amide bonds. The van der Waals surface area contributed by atoms with E-state index in [1.807, 2.05) is 13.8 Å². The van der Waals surface area contributed by atoms with Gasteiger partial charge in [0.15, 0.2) is 18.9 Å². The second-order valence-electron chi connectivity index (χ2n) is 25.5. The number of carbonyl (C=O) groups excluding carboxylic acids is 2. The van der Waals surface area contributed by atoms with Crippen LogP contribution in [0.4, 0.5) is 0 Å². The number of hydrogen-bond donors (Lipinski definition) is 13. The molecule has 24 heteroatoms. The number of rotatable bonds is 12. The Hall–Kier alpha value is -2.12. The molecule has 0 aromatic carbocycles. The normalized spacial score (nSPS) is 54.3. The van der Waals surface area contributed by atoms with Crippen LogP contribution in [-0.2, 0) is 52.2 Å². The second-order valence-corrected chi connectivity index (χ2v) is 25.5. The van der Waals surface area contributed by atoms with Crippen molar-refractivity contribution in [3.8, 4) is 0 Å². The standard InChI is InChI=1S/C54H86O24/c1-23-32(59)36(63)39(66)43(72-23)76-42-38(65)35(62)28(20-56)74-46(42)77-41-33(60)26(58)21-71-45(41)75-31-11-12-50(3)29(51(31,4)22-57)10-13-53(6)30(50)9-8-24-25-18-49(2,47(68)70-7)14-16-54(25,17-15-52(24,53)5)48(69)78-44-40(67)37(64)34(61)27(19-55)73-44/h8,23,25-46,55-67H,9-22H2,1-7H3/t23-,25-,26+,27+,28+,29?,30?,31-,32-,33-,34+,35+,36+,37-,38-,39+,40+,41+,42+,43-,44-,45-,46-,49-,50-,51-,52+,53+,54-/m0/s1. The Labute approximate surface area is 453 Å². The summed E-state index contributed by atoms with van der Waals surface area (Å²) in [5.74, 6) is -1.70. The Balaban J connectivity index is 0.977. The SMILES string of the molecule is COC(=O)[C@@]1(C)CC[C@]2(C(=O)O[C@@H]3O[C@H](CO)[C@@H](O)[C@H](O)[C@H]3O)CC[C@]3(C)C(=CCC4[C@@]5(C)CC[C@H](O[C@@H]6OC[C@@H](O)[C@H](O)[C@H]6O[C@@H]6O[C@H](CO)[C@@H](O)[C@H](O)[C@H]6O[C@@H]6O[C@@H](C)[C@H](O)[C@@H](O)[C@H]6O)[C@@](C)(CO)C5CC[C@]43C)[C@@H]2C1. The van der Waals surface area contributed by atoms with E-state index >= 15 is 0 Å². The van der Waals surface area contributed by atoms with Gasteiger partial charge in [0.25, 0.3) is 0 Å². The van der Waals surface area contributed by atoms with Crippen molar-refractivity contribution >= 4 is 11.9 Å². The molecule has 9 rings (SSSR count). The van der Waals surface area contributed by atoms with Gasteiger partial charge in [0.05, 0.1) is 56.6 Å². The van der Waals surface area contributed by atoms with Gasteiger partial charge in [-0.2, -0.15) is 0 Å². The Morgan fingerprint density at radius 2 is 1.22 bits per heavy atom. The number of allylic oxidation sites excluding steroid dienone is 2. The lowest BCUT2D eigenvalue weighted by Gasteiger charge is -2.71. The number of aliphatic hydroxyl groups excluding tert-OH is 13. The zero-order valence-corrected chi connectivity index (χ0v) is 45.6. The lowest BCUT2D eigenvalue weighted by atomic mass is 9.33. The quantitative estimate of drug-likeness (QED) is 0.0558. The molecule has 9 aliphatic rings. The maximum atomic E-state index is 14.9. The minimum atomic E-state index is -1.87. The summed E-state index contributed by atoms with van der Waals surface area (Å²) in [5, 5.41) is 140. The maximum absolute atomic E-state index is 14.9. The molecular weight excluding hydrogens is 1030 g/mol. The molecule has 446 valence electrons. The van der Waals surface area contributed by atoms with Crippen LogP contribution in [0.15, 0.2) is 11.6 Å². The summed E-state index contributed by atoms with van der Waals surface area (Å²) in [6.07, 6.45) is -24.6. The van der Waals surface area contributed by atoms with Crippen molar-refractivity contribution in [2.75, 3.05) is 33.5 Å². The Morgan fingerprint density at radius 3 is 1.87 bits per heavy atom. The fourth-order valence-corrected chi connectivity index (χ4v) is 16.4. The molecule has 2 unspecified atom stereocenters. The minimum absolute atomic E-state index is 0.0353. The van der Waals surface area contributed by atoms with Crippen molar-refractivity contribution in [3.63, 3.8) is 0 Å². The van der Waals surface area contributed by atoms with E-state index in [0.717, 1.165) is 5.57 Å². The first-order valence-corrected chi connectivity index (χ1v) is 27.8. The van der Waals surface area contributed by atoms with Crippen LogP contribution in [0.2, 0.25) is 0 Å². The molecule has 0 spiro atoms. The summed E-state index contributed by atoms with van der Waals surface area (Å²) >= 11 is 0. The van der Waals surface area contributed by atoms with E-state index in [0.29, 0.717) is 51.4 Å². The summed E-state index contributed by atoms with van der Waals surface area (Å²) in [7, 11) is 1.34. The molecular formula is C54H86O24. The van der Waals surface area contributed by atoms with Crippen LogP contribution >= 0.6 is 0 Å². The fourth-order valence-electron chi connectivity index (χ4n) is 16.4. The number of hydrogen-bond acceptors (Lipinski definition) is 24. The predicted octanol–water partition coefficient (Wildman–Crippen LogP) is -2.24. The molecule has 24 nitrogen and oxygen atoms in total. The molecule has 78 heavy (non-hydrogen) atoms. The smallest absolute Gasteiger partial charge is 0.315 e. The minimum Gasteiger partial charge on any atom is -0.469 e. The average molecular weight is 1120 g/mol. The number of ether oxygens (including phenoxy) is 9. The number of fused-ring (bicyclic) bond motifs is 7. The van der Waals surface area contributed by atoms with Gasteiger partial charge in [0.2, 0.25) is 6.29 Å². The Morgan fingerprint density at radius 1 is 0.615 bits per heavy atom. The summed E-state index contributed by atoms with van der Waals surface area (Å²) < 4.78 is 53.6. The van der Waals surface area contributed by atoms with E-state index in [9.17, 15) is 76.0 Å². The Kier molecular flexibility index (Phi) is 17.2. The van der Waals surface area contributed by atoms with E-state index in [2.05, 4.69) is 26.8 Å². The zero-order valence-electron chi connectivity index (χ0n) is 45.6. The van der Waals surface area contributed by atoms with Gasteiger partial charge in [0, 0.05) is 5.41 Å². The highest BCUT2D eigenvalue weighted by Crippen LogP contribution is 2.76. The first kappa shape index (κ1) is 60.5. The van der Waals surface area contributed by atoms with Crippen LogP contribution in [0.3, 0.4) is 0 Å². The molecule has 0 bridgehead atoms. The van der Waals surface area contributed by atoms with E-state index in [1.54, 1.807) is 0 Å². The van der Waals surface area contributed by atoms with Gasteiger partial charge in [-0.15, -0.1) is 0 Å². The van der Waals surface area contributed by atoms with E-state index < -0.39 is 181 Å². The fraction of sp³-hybridized carbons (Fsp3) is 0.926. The monoisotopic (exact) mass is 1120 g/mol. The van der Waals surface area contributed by atoms with Crippen LogP contribution in [0.5, 0.6) is 0 Å². The lowest BCUT2D eigenvalue weighted by Crippen LogP contribution is -2.67. The van der Waals surface area contributed by atoms with Crippen molar-refractivity contribution in [2.24, 2.45) is 50.2 Å². The largest absolute Gasteiger partial charge is 0.469 e. The molecule has 29 atom stereocenters. The second kappa shape index (κ2) is 22.1. The van der Waals surface area contributed by atoms with E-state index in [4.69, 9.17) is 42.6 Å². The zero-order chi connectivity index (χ0) is 57.0. The Bertz CT molecular complexity index is 2190. The van der Waals surface area contributed by atoms with Gasteiger partial charge < -0.3 is 109 Å². The van der Waals surface area contributed by atoms with Crippen molar-refractivity contribution in [2.45, 2.75) is 229 Å². The molecule has 4 aliphatic heterocycles. The summed E-state index contributed by atoms with van der Waals surface area (Å²) in [4.78, 5) is 28.5. The van der Waals surface area contributed by atoms with Crippen LogP contribution in [0.25, 0.3) is 0 Å². The van der Waals surface area contributed by atoms with Crippen LogP contribution in [-0.4, -0.2) is 235 Å². The molecule has 4 saturated heterocycles. The third-order valence-electron chi connectivity index (χ3n) is 21.6. The topological polar surface area (TPSA) is 380 Å². The first-order valence-electron chi connectivity index (χ1n) is 27.8. The summed E-state index contributed by atoms with van der Waals surface area (Å²) in [6.45, 7) is 9.85. The maximum Gasteiger partial charge on any atom is 0.315 e.